The van der Waals surface area contributed by atoms with Crippen LogP contribution in [0.5, 0.6) is 0 Å². The fraction of sp³-hybridized carbons (Fsp3) is 0.222. The highest BCUT2D eigenvalue weighted by Gasteiger charge is 2.24. The second-order valence-electron chi connectivity index (χ2n) is 2.97. The van der Waals surface area contributed by atoms with Crippen molar-refractivity contribution in [2.75, 3.05) is 6.61 Å². The van der Waals surface area contributed by atoms with Crippen molar-refractivity contribution in [2.24, 2.45) is 0 Å². The van der Waals surface area contributed by atoms with Gasteiger partial charge in [-0.1, -0.05) is 6.07 Å². The Kier molecular flexibility index (Phi) is 3.47. The molecule has 6 heteroatoms. The van der Waals surface area contributed by atoms with Gasteiger partial charge in [-0.2, -0.15) is 0 Å². The van der Waals surface area contributed by atoms with E-state index in [0.717, 1.165) is 12.1 Å². The normalized spacial score (nSPS) is 19.1. The molecule has 0 unspecified atom stereocenters. The smallest absolute Gasteiger partial charge is 0.407 e. The molecule has 1 aliphatic rings. The van der Waals surface area contributed by atoms with E-state index in [9.17, 15) is 13.6 Å². The van der Waals surface area contributed by atoms with Gasteiger partial charge < -0.3 is 10.1 Å². The number of ether oxygens (including phenoxy) is 1. The van der Waals surface area contributed by atoms with Crippen LogP contribution in [-0.4, -0.2) is 12.7 Å². The summed E-state index contributed by atoms with van der Waals surface area (Å²) in [6.07, 6.45) is -0.542. The number of halogens is 3. The number of rotatable bonds is 1. The molecular weight excluding hydrogens is 228 g/mol. The quantitative estimate of drug-likeness (QED) is 0.810. The van der Waals surface area contributed by atoms with Crippen LogP contribution >= 0.6 is 12.4 Å². The van der Waals surface area contributed by atoms with Crippen molar-refractivity contribution in [3.63, 3.8) is 0 Å². The van der Waals surface area contributed by atoms with Crippen molar-refractivity contribution in [1.82, 2.24) is 5.32 Å². The van der Waals surface area contributed by atoms with E-state index in [1.807, 2.05) is 0 Å². The van der Waals surface area contributed by atoms with E-state index >= 15 is 0 Å². The summed E-state index contributed by atoms with van der Waals surface area (Å²) in [6.45, 7) is 0.143. The molecule has 1 saturated heterocycles. The maximum Gasteiger partial charge on any atom is 0.407 e. The van der Waals surface area contributed by atoms with Crippen molar-refractivity contribution in [3.8, 4) is 0 Å². The van der Waals surface area contributed by atoms with Crippen LogP contribution in [0.1, 0.15) is 11.6 Å². The predicted octanol–water partition coefficient (Wildman–Crippen LogP) is 2.17. The third kappa shape index (κ3) is 2.36. The average molecular weight is 236 g/mol. The SMILES string of the molecule is Cl.O=C1N[C@@H](c2ccc(F)c(F)c2)CO1. The predicted molar refractivity (Wildman–Crippen MR) is 50.8 cm³/mol. The summed E-state index contributed by atoms with van der Waals surface area (Å²) in [5.74, 6) is -1.83. The van der Waals surface area contributed by atoms with Crippen LogP contribution in [0.4, 0.5) is 13.6 Å². The Morgan fingerprint density at radius 2 is 2.07 bits per heavy atom. The molecule has 2 rings (SSSR count). The zero-order valence-electron chi connectivity index (χ0n) is 7.50. The first kappa shape index (κ1) is 11.7. The van der Waals surface area contributed by atoms with Crippen molar-refractivity contribution >= 4 is 18.5 Å². The lowest BCUT2D eigenvalue weighted by molar-refractivity contribution is 0.177. The minimum Gasteiger partial charge on any atom is -0.447 e. The van der Waals surface area contributed by atoms with Crippen LogP contribution in [0, 0.1) is 11.6 Å². The fourth-order valence-electron chi connectivity index (χ4n) is 1.29. The molecule has 0 radical (unpaired) electrons. The first-order valence-corrected chi connectivity index (χ1v) is 4.05. The van der Waals surface area contributed by atoms with Crippen LogP contribution in [0.3, 0.4) is 0 Å². The average Bonchev–Trinajstić information content (AvgIpc) is 2.57. The van der Waals surface area contributed by atoms with Gasteiger partial charge in [-0.3, -0.25) is 0 Å². The number of hydrogen-bond donors (Lipinski definition) is 1. The molecule has 1 amide bonds. The Morgan fingerprint density at radius 1 is 1.33 bits per heavy atom. The van der Waals surface area contributed by atoms with E-state index in [1.165, 1.54) is 6.07 Å². The molecule has 0 aromatic heterocycles. The fourth-order valence-corrected chi connectivity index (χ4v) is 1.29. The van der Waals surface area contributed by atoms with E-state index in [-0.39, 0.29) is 19.0 Å². The van der Waals surface area contributed by atoms with Crippen LogP contribution in [0.2, 0.25) is 0 Å². The molecule has 0 aliphatic carbocycles. The minimum absolute atomic E-state index is 0. The molecule has 3 nitrogen and oxygen atoms in total. The maximum atomic E-state index is 12.8. The largest absolute Gasteiger partial charge is 0.447 e. The number of alkyl carbamates (subject to hydrolysis) is 1. The first-order chi connectivity index (χ1) is 6.66. The summed E-state index contributed by atoms with van der Waals surface area (Å²) in [6, 6.07) is 3.10. The topological polar surface area (TPSA) is 38.3 Å². The number of hydrogen-bond acceptors (Lipinski definition) is 2. The van der Waals surface area contributed by atoms with Gasteiger partial charge in [-0.05, 0) is 17.7 Å². The van der Waals surface area contributed by atoms with Gasteiger partial charge in [0.05, 0.1) is 6.04 Å². The van der Waals surface area contributed by atoms with Crippen LogP contribution < -0.4 is 5.32 Å². The second kappa shape index (κ2) is 4.44. The van der Waals surface area contributed by atoms with Crippen molar-refractivity contribution in [3.05, 3.63) is 35.4 Å². The third-order valence-electron chi connectivity index (χ3n) is 2.02. The lowest BCUT2D eigenvalue weighted by atomic mass is 10.1. The summed E-state index contributed by atoms with van der Waals surface area (Å²) in [7, 11) is 0. The molecule has 82 valence electrons. The highest BCUT2D eigenvalue weighted by Crippen LogP contribution is 2.19. The van der Waals surface area contributed by atoms with E-state index < -0.39 is 23.8 Å². The number of benzene rings is 1. The lowest BCUT2D eigenvalue weighted by Gasteiger charge is -2.07. The molecule has 1 fully saturated rings. The van der Waals surface area contributed by atoms with Gasteiger partial charge in [-0.25, -0.2) is 13.6 Å². The third-order valence-corrected chi connectivity index (χ3v) is 2.02. The summed E-state index contributed by atoms with van der Waals surface area (Å²) in [5.41, 5.74) is 0.495. The Hall–Kier alpha value is -1.36. The molecule has 0 saturated carbocycles. The maximum absolute atomic E-state index is 12.8. The van der Waals surface area contributed by atoms with E-state index in [1.54, 1.807) is 0 Å². The van der Waals surface area contributed by atoms with Gasteiger partial charge in [0, 0.05) is 0 Å². The number of cyclic esters (lactones) is 1. The number of nitrogens with one attached hydrogen (secondary N) is 1. The minimum atomic E-state index is -0.927. The number of carbonyl (C=O) groups excluding carboxylic acids is 1. The molecule has 0 spiro atoms. The molecule has 1 N–H and O–H groups in total. The summed E-state index contributed by atoms with van der Waals surface area (Å²) in [5, 5.41) is 2.47. The van der Waals surface area contributed by atoms with E-state index in [4.69, 9.17) is 0 Å². The molecule has 1 aromatic rings. The molecule has 1 atom stereocenters. The summed E-state index contributed by atoms with van der Waals surface area (Å²) < 4.78 is 30.0. The highest BCUT2D eigenvalue weighted by molar-refractivity contribution is 5.85. The van der Waals surface area contributed by atoms with Gasteiger partial charge in [0.2, 0.25) is 0 Å². The second-order valence-corrected chi connectivity index (χ2v) is 2.97. The van der Waals surface area contributed by atoms with E-state index in [0.29, 0.717) is 5.56 Å². The Morgan fingerprint density at radius 3 is 2.60 bits per heavy atom. The van der Waals surface area contributed by atoms with Crippen LogP contribution in [0.25, 0.3) is 0 Å². The van der Waals surface area contributed by atoms with Crippen molar-refractivity contribution in [1.29, 1.82) is 0 Å². The Bertz CT molecular complexity index is 386. The van der Waals surface area contributed by atoms with Crippen LogP contribution in [0.15, 0.2) is 18.2 Å². The van der Waals surface area contributed by atoms with Gasteiger partial charge in [-0.15, -0.1) is 12.4 Å². The first-order valence-electron chi connectivity index (χ1n) is 4.05. The molecule has 1 aliphatic heterocycles. The van der Waals surface area contributed by atoms with Crippen molar-refractivity contribution < 1.29 is 18.3 Å². The summed E-state index contributed by atoms with van der Waals surface area (Å²) >= 11 is 0. The van der Waals surface area contributed by atoms with Gasteiger partial charge in [0.25, 0.3) is 0 Å². The van der Waals surface area contributed by atoms with Gasteiger partial charge in [0.15, 0.2) is 11.6 Å². The number of amides is 1. The monoisotopic (exact) mass is 235 g/mol. The zero-order chi connectivity index (χ0) is 10.1. The zero-order valence-corrected chi connectivity index (χ0v) is 8.31. The Balaban J connectivity index is 0.00000112. The molecular formula is C9H8ClF2NO2. The van der Waals surface area contributed by atoms with E-state index in [2.05, 4.69) is 10.1 Å². The highest BCUT2D eigenvalue weighted by atomic mass is 35.5. The lowest BCUT2D eigenvalue weighted by Crippen LogP contribution is -2.18. The van der Waals surface area contributed by atoms with Crippen LogP contribution in [-0.2, 0) is 4.74 Å². The standard InChI is InChI=1S/C9H7F2NO2.ClH/c10-6-2-1-5(3-7(6)11)8-4-14-9(13)12-8;/h1-3,8H,4H2,(H,12,13);1H/t8-;/m1./s1. The summed E-state index contributed by atoms with van der Waals surface area (Å²) in [4.78, 5) is 10.7. The molecule has 1 aromatic carbocycles. The molecule has 0 bridgehead atoms. The Labute approximate surface area is 90.8 Å². The number of carbonyl (C=O) groups is 1. The molecule has 15 heavy (non-hydrogen) atoms. The van der Waals surface area contributed by atoms with Gasteiger partial charge in [0.1, 0.15) is 6.61 Å². The molecule has 1 heterocycles. The van der Waals surface area contributed by atoms with Crippen molar-refractivity contribution in [2.45, 2.75) is 6.04 Å². The van der Waals surface area contributed by atoms with Gasteiger partial charge >= 0.3 is 6.09 Å².